The summed E-state index contributed by atoms with van der Waals surface area (Å²) in [6, 6.07) is 6.37. The lowest BCUT2D eigenvalue weighted by Crippen LogP contribution is -2.58. The van der Waals surface area contributed by atoms with Crippen LogP contribution in [0, 0.1) is 11.3 Å². The Labute approximate surface area is 197 Å². The Bertz CT molecular complexity index is 876. The normalized spacial score (nSPS) is 17.6. The van der Waals surface area contributed by atoms with Gasteiger partial charge in [0.2, 0.25) is 11.8 Å². The van der Waals surface area contributed by atoms with E-state index in [0.717, 1.165) is 11.3 Å². The Kier molecular flexibility index (Phi) is 8.69. The fourth-order valence-corrected chi connectivity index (χ4v) is 4.02. The molecule has 3 atom stereocenters. The van der Waals surface area contributed by atoms with E-state index < -0.39 is 23.5 Å². The maximum atomic E-state index is 13.6. The van der Waals surface area contributed by atoms with Gasteiger partial charge in [0.25, 0.3) is 0 Å². The smallest absolute Gasteiger partial charge is 0.333 e. The molecule has 182 valence electrons. The quantitative estimate of drug-likeness (QED) is 0.460. The van der Waals surface area contributed by atoms with E-state index in [2.05, 4.69) is 10.6 Å². The second kappa shape index (κ2) is 10.9. The van der Waals surface area contributed by atoms with E-state index in [9.17, 15) is 14.4 Å². The summed E-state index contributed by atoms with van der Waals surface area (Å²) < 4.78 is 5.09. The molecule has 1 aromatic carbocycles. The van der Waals surface area contributed by atoms with E-state index in [1.54, 1.807) is 31.9 Å². The summed E-state index contributed by atoms with van der Waals surface area (Å²) in [4.78, 5) is 40.5. The fraction of sp³-hybridized carbons (Fsp3) is 0.577. The third-order valence-electron chi connectivity index (χ3n) is 5.98. The van der Waals surface area contributed by atoms with Crippen molar-refractivity contribution in [2.45, 2.75) is 73.0 Å². The number of rotatable bonds is 8. The van der Waals surface area contributed by atoms with E-state index in [-0.39, 0.29) is 23.8 Å². The minimum absolute atomic E-state index is 0.0608. The number of carbonyl (C=O) groups is 3. The lowest BCUT2D eigenvalue weighted by molar-refractivity contribution is -0.140. The molecule has 2 rings (SSSR count). The predicted octanol–water partition coefficient (Wildman–Crippen LogP) is 3.55. The molecule has 0 saturated carbocycles. The molecule has 0 spiro atoms. The van der Waals surface area contributed by atoms with Crippen LogP contribution in [0.15, 0.2) is 35.9 Å². The van der Waals surface area contributed by atoms with Crippen molar-refractivity contribution in [3.8, 4) is 0 Å². The van der Waals surface area contributed by atoms with Gasteiger partial charge in [-0.1, -0.05) is 58.9 Å². The summed E-state index contributed by atoms with van der Waals surface area (Å²) in [5, 5.41) is 6.25. The molecule has 1 aromatic rings. The average molecular weight is 458 g/mol. The maximum Gasteiger partial charge on any atom is 0.333 e. The van der Waals surface area contributed by atoms with Crippen LogP contribution in [0.3, 0.4) is 0 Å². The van der Waals surface area contributed by atoms with Crippen molar-refractivity contribution in [3.63, 3.8) is 0 Å². The lowest BCUT2D eigenvalue weighted by Gasteiger charge is -2.37. The molecule has 7 nitrogen and oxygen atoms in total. The Hall–Kier alpha value is -2.83. The van der Waals surface area contributed by atoms with Crippen LogP contribution in [0.5, 0.6) is 0 Å². The van der Waals surface area contributed by atoms with Crippen LogP contribution >= 0.6 is 0 Å². The summed E-state index contributed by atoms with van der Waals surface area (Å²) >= 11 is 0. The lowest BCUT2D eigenvalue weighted by atomic mass is 9.85. The van der Waals surface area contributed by atoms with Gasteiger partial charge in [-0.25, -0.2) is 4.79 Å². The van der Waals surface area contributed by atoms with Gasteiger partial charge in [-0.15, -0.1) is 0 Å². The third-order valence-corrected chi connectivity index (χ3v) is 5.98. The minimum atomic E-state index is -0.724. The van der Waals surface area contributed by atoms with E-state index in [0.29, 0.717) is 18.6 Å². The van der Waals surface area contributed by atoms with Crippen LogP contribution in [-0.2, 0) is 25.5 Å². The number of benzene rings is 1. The van der Waals surface area contributed by atoms with E-state index >= 15 is 0 Å². The summed E-state index contributed by atoms with van der Waals surface area (Å²) in [6.07, 6.45) is 2.36. The van der Waals surface area contributed by atoms with Gasteiger partial charge in [0.15, 0.2) is 0 Å². The number of fused-ring (bicyclic) bond motifs is 1. The van der Waals surface area contributed by atoms with Gasteiger partial charge in [-0.2, -0.15) is 0 Å². The monoisotopic (exact) mass is 457 g/mol. The first-order valence-corrected chi connectivity index (χ1v) is 11.6. The Morgan fingerprint density at radius 3 is 2.42 bits per heavy atom. The number of likely N-dealkylation sites (N-methyl/N-ethyl adjacent to an activating group) is 1. The number of nitrogens with zero attached hydrogens (tertiary/aromatic N) is 1. The Morgan fingerprint density at radius 2 is 1.88 bits per heavy atom. The molecule has 33 heavy (non-hydrogen) atoms. The molecule has 7 heteroatoms. The number of hydrogen-bond donors (Lipinski definition) is 2. The fourth-order valence-electron chi connectivity index (χ4n) is 4.02. The number of para-hydroxylation sites is 1. The average Bonchev–Trinajstić information content (AvgIpc) is 3.18. The highest BCUT2D eigenvalue weighted by molar-refractivity contribution is 5.93. The number of nitrogens with one attached hydrogen (secondary N) is 2. The highest BCUT2D eigenvalue weighted by atomic mass is 16.5. The SMILES string of the molecule is CCOC(=O)C(C)=C[C@H](C(C)C)N(C)C(=O)[C@@H](NC(=O)[C@@H]1Cc2ccccc2N1)C(C)(C)C. The number of amides is 2. The predicted molar refractivity (Wildman–Crippen MR) is 131 cm³/mol. The second-order valence-corrected chi connectivity index (χ2v) is 10.1. The summed E-state index contributed by atoms with van der Waals surface area (Å²) in [7, 11) is 1.72. The first-order valence-electron chi connectivity index (χ1n) is 11.6. The van der Waals surface area contributed by atoms with Crippen molar-refractivity contribution in [1.82, 2.24) is 10.2 Å². The van der Waals surface area contributed by atoms with Crippen LogP contribution in [0.4, 0.5) is 5.69 Å². The zero-order chi connectivity index (χ0) is 24.9. The van der Waals surface area contributed by atoms with Crippen LogP contribution in [0.25, 0.3) is 0 Å². The highest BCUT2D eigenvalue weighted by Gasteiger charge is 2.39. The van der Waals surface area contributed by atoms with E-state index in [1.807, 2.05) is 58.9 Å². The zero-order valence-electron chi connectivity index (χ0n) is 21.2. The summed E-state index contributed by atoms with van der Waals surface area (Å²) in [6.45, 7) is 13.5. The topological polar surface area (TPSA) is 87.7 Å². The van der Waals surface area contributed by atoms with Gasteiger partial charge in [-0.05, 0) is 36.8 Å². The molecular formula is C26H39N3O4. The molecular weight excluding hydrogens is 418 g/mol. The van der Waals surface area contributed by atoms with Crippen molar-refractivity contribution in [2.75, 3.05) is 19.0 Å². The van der Waals surface area contributed by atoms with Crippen molar-refractivity contribution in [1.29, 1.82) is 0 Å². The molecule has 2 amide bonds. The van der Waals surface area contributed by atoms with Gasteiger partial charge in [0.1, 0.15) is 12.1 Å². The molecule has 1 heterocycles. The number of anilines is 1. The van der Waals surface area contributed by atoms with Gasteiger partial charge < -0.3 is 20.3 Å². The van der Waals surface area contributed by atoms with Gasteiger partial charge in [-0.3, -0.25) is 9.59 Å². The Morgan fingerprint density at radius 1 is 1.24 bits per heavy atom. The van der Waals surface area contributed by atoms with Crippen molar-refractivity contribution in [3.05, 3.63) is 41.5 Å². The first kappa shape index (κ1) is 26.4. The molecule has 1 aliphatic heterocycles. The zero-order valence-corrected chi connectivity index (χ0v) is 21.2. The van der Waals surface area contributed by atoms with Crippen LogP contribution in [0.2, 0.25) is 0 Å². The van der Waals surface area contributed by atoms with Crippen LogP contribution in [0.1, 0.15) is 54.0 Å². The molecule has 0 fully saturated rings. The van der Waals surface area contributed by atoms with Gasteiger partial charge in [0, 0.05) is 24.7 Å². The number of ether oxygens (including phenoxy) is 1. The van der Waals surface area contributed by atoms with Crippen molar-refractivity contribution in [2.24, 2.45) is 11.3 Å². The highest BCUT2D eigenvalue weighted by Crippen LogP contribution is 2.27. The van der Waals surface area contributed by atoms with E-state index in [1.165, 1.54) is 0 Å². The molecule has 2 N–H and O–H groups in total. The first-order chi connectivity index (χ1) is 15.4. The van der Waals surface area contributed by atoms with E-state index in [4.69, 9.17) is 4.74 Å². The van der Waals surface area contributed by atoms with Gasteiger partial charge in [0.05, 0.1) is 12.6 Å². The molecule has 0 aliphatic carbocycles. The van der Waals surface area contributed by atoms with Crippen molar-refractivity contribution >= 4 is 23.5 Å². The number of hydrogen-bond acceptors (Lipinski definition) is 5. The molecule has 1 aliphatic rings. The second-order valence-electron chi connectivity index (χ2n) is 10.1. The maximum absolute atomic E-state index is 13.6. The largest absolute Gasteiger partial charge is 0.463 e. The standard InChI is InChI=1S/C26H39N3O4/c1-9-33-25(32)17(4)14-21(16(2)3)29(8)24(31)22(26(5,6)7)28-23(30)20-15-18-12-10-11-13-19(18)27-20/h10-14,16,20-22,27H,9,15H2,1-8H3,(H,28,30)/t20-,21+,22+/m0/s1. The number of esters is 1. The van der Waals surface area contributed by atoms with Crippen molar-refractivity contribution < 1.29 is 19.1 Å². The van der Waals surface area contributed by atoms with Crippen LogP contribution in [-0.4, -0.2) is 54.5 Å². The molecule has 0 aromatic heterocycles. The Balaban J connectivity index is 2.21. The molecule has 0 bridgehead atoms. The van der Waals surface area contributed by atoms with Crippen LogP contribution < -0.4 is 10.6 Å². The number of carbonyl (C=O) groups excluding carboxylic acids is 3. The van der Waals surface area contributed by atoms with Gasteiger partial charge >= 0.3 is 5.97 Å². The molecule has 0 unspecified atom stereocenters. The summed E-state index contributed by atoms with van der Waals surface area (Å²) in [5.41, 5.74) is 1.99. The third kappa shape index (κ3) is 6.59. The minimum Gasteiger partial charge on any atom is -0.463 e. The molecule has 0 saturated heterocycles. The summed E-state index contributed by atoms with van der Waals surface area (Å²) in [5.74, 6) is -0.729. The molecule has 0 radical (unpaired) electrons.